The molecule has 1 amide bonds. The van der Waals surface area contributed by atoms with E-state index in [2.05, 4.69) is 25.6 Å². The minimum absolute atomic E-state index is 0.0959. The average Bonchev–Trinajstić information content (AvgIpc) is 2.54. The van der Waals surface area contributed by atoms with Crippen LogP contribution >= 0.6 is 11.8 Å². The van der Waals surface area contributed by atoms with Gasteiger partial charge in [-0.2, -0.15) is 15.0 Å². The Hall–Kier alpha value is -2.35. The van der Waals surface area contributed by atoms with Crippen LogP contribution in [-0.4, -0.2) is 46.2 Å². The third-order valence-electron chi connectivity index (χ3n) is 3.11. The molecule has 1 aromatic carbocycles. The average molecular weight is 360 g/mol. The monoisotopic (exact) mass is 360 g/mol. The number of thioether (sulfide) groups is 1. The molecule has 1 atom stereocenters. The molecule has 2 rings (SSSR count). The Morgan fingerprint density at radius 3 is 2.36 bits per heavy atom. The molecule has 0 saturated carbocycles. The van der Waals surface area contributed by atoms with Crippen molar-refractivity contribution in [3.05, 3.63) is 30.3 Å². The molecule has 0 aliphatic rings. The number of nitrogens with one attached hydrogen (secondary N) is 2. The number of hydrogen-bond acceptors (Lipinski definition) is 7. The van der Waals surface area contributed by atoms with Crippen LogP contribution in [-0.2, 0) is 4.79 Å². The lowest BCUT2D eigenvalue weighted by atomic mass is 10.3. The SMILES string of the molecule is CC(C)Nc1nc(S[C@@H](C)C(=O)Nc2ccccc2)nc(N(C)C)n1. The highest BCUT2D eigenvalue weighted by Gasteiger charge is 2.18. The summed E-state index contributed by atoms with van der Waals surface area (Å²) < 4.78 is 0. The van der Waals surface area contributed by atoms with Crippen molar-refractivity contribution in [1.29, 1.82) is 0 Å². The second-order valence-corrected chi connectivity index (χ2v) is 7.36. The summed E-state index contributed by atoms with van der Waals surface area (Å²) in [6, 6.07) is 9.58. The number of nitrogens with zero attached hydrogens (tertiary/aromatic N) is 4. The molecule has 0 radical (unpaired) electrons. The van der Waals surface area contributed by atoms with Crippen molar-refractivity contribution < 1.29 is 4.79 Å². The van der Waals surface area contributed by atoms with E-state index >= 15 is 0 Å². The molecule has 8 heteroatoms. The summed E-state index contributed by atoms with van der Waals surface area (Å²) in [7, 11) is 3.74. The Kier molecular flexibility index (Phi) is 6.58. The Balaban J connectivity index is 2.11. The molecule has 134 valence electrons. The molecule has 2 aromatic rings. The molecule has 0 aliphatic carbocycles. The van der Waals surface area contributed by atoms with Crippen molar-refractivity contribution in [2.24, 2.45) is 0 Å². The minimum atomic E-state index is -0.343. The van der Waals surface area contributed by atoms with Crippen LogP contribution in [0, 0.1) is 0 Å². The summed E-state index contributed by atoms with van der Waals surface area (Å²) in [6.45, 7) is 5.86. The molecular formula is C17H24N6OS. The fourth-order valence-electron chi connectivity index (χ4n) is 1.90. The highest BCUT2D eigenvalue weighted by Crippen LogP contribution is 2.23. The number of benzene rings is 1. The molecule has 7 nitrogen and oxygen atoms in total. The predicted molar refractivity (Wildman–Crippen MR) is 103 cm³/mol. The van der Waals surface area contributed by atoms with Gasteiger partial charge in [0.15, 0.2) is 5.16 Å². The van der Waals surface area contributed by atoms with E-state index in [1.807, 2.05) is 70.1 Å². The van der Waals surface area contributed by atoms with Crippen LogP contribution in [0.2, 0.25) is 0 Å². The van der Waals surface area contributed by atoms with E-state index in [9.17, 15) is 4.79 Å². The standard InChI is InChI=1S/C17H24N6OS/c1-11(2)18-15-20-16(23(4)5)22-17(21-15)25-12(3)14(24)19-13-9-7-6-8-10-13/h6-12H,1-5H3,(H,19,24)(H,18,20,21,22)/t12-/m0/s1. The van der Waals surface area contributed by atoms with E-state index in [-0.39, 0.29) is 17.2 Å². The third kappa shape index (κ3) is 5.90. The summed E-state index contributed by atoms with van der Waals surface area (Å²) in [6.07, 6.45) is 0. The Bertz CT molecular complexity index is 708. The predicted octanol–water partition coefficient (Wildman–Crippen LogP) is 2.88. The van der Waals surface area contributed by atoms with Gasteiger partial charge in [-0.25, -0.2) is 0 Å². The molecule has 0 unspecified atom stereocenters. The van der Waals surface area contributed by atoms with Gasteiger partial charge in [-0.1, -0.05) is 30.0 Å². The van der Waals surface area contributed by atoms with Crippen molar-refractivity contribution in [1.82, 2.24) is 15.0 Å². The number of hydrogen-bond donors (Lipinski definition) is 2. The topological polar surface area (TPSA) is 83.0 Å². The van der Waals surface area contributed by atoms with Crippen LogP contribution in [0.5, 0.6) is 0 Å². The molecule has 0 bridgehead atoms. The quantitative estimate of drug-likeness (QED) is 0.735. The highest BCUT2D eigenvalue weighted by atomic mass is 32.2. The summed E-state index contributed by atoms with van der Waals surface area (Å²) in [5.41, 5.74) is 0.770. The zero-order valence-electron chi connectivity index (χ0n) is 15.1. The second kappa shape index (κ2) is 8.66. The van der Waals surface area contributed by atoms with E-state index in [1.165, 1.54) is 11.8 Å². The van der Waals surface area contributed by atoms with Crippen LogP contribution in [0.15, 0.2) is 35.5 Å². The Morgan fingerprint density at radius 2 is 1.76 bits per heavy atom. The maximum absolute atomic E-state index is 12.4. The van der Waals surface area contributed by atoms with Gasteiger partial charge in [0, 0.05) is 25.8 Å². The maximum atomic E-state index is 12.4. The van der Waals surface area contributed by atoms with E-state index in [0.717, 1.165) is 5.69 Å². The molecule has 25 heavy (non-hydrogen) atoms. The van der Waals surface area contributed by atoms with Gasteiger partial charge < -0.3 is 15.5 Å². The van der Waals surface area contributed by atoms with Gasteiger partial charge in [0.2, 0.25) is 17.8 Å². The van der Waals surface area contributed by atoms with Crippen molar-refractivity contribution >= 4 is 35.3 Å². The molecule has 0 fully saturated rings. The zero-order chi connectivity index (χ0) is 18.4. The van der Waals surface area contributed by atoms with E-state index in [1.54, 1.807) is 0 Å². The number of aromatic nitrogens is 3. The summed E-state index contributed by atoms with van der Waals surface area (Å²) in [5, 5.41) is 6.24. The van der Waals surface area contributed by atoms with Gasteiger partial charge in [0.25, 0.3) is 0 Å². The van der Waals surface area contributed by atoms with Crippen LogP contribution < -0.4 is 15.5 Å². The van der Waals surface area contributed by atoms with Crippen LogP contribution in [0.4, 0.5) is 17.6 Å². The first-order chi connectivity index (χ1) is 11.8. The minimum Gasteiger partial charge on any atom is -0.352 e. The number of anilines is 3. The summed E-state index contributed by atoms with van der Waals surface area (Å²) in [5.74, 6) is 0.963. The van der Waals surface area contributed by atoms with Crippen molar-refractivity contribution in [3.8, 4) is 0 Å². The smallest absolute Gasteiger partial charge is 0.237 e. The first-order valence-electron chi connectivity index (χ1n) is 8.07. The van der Waals surface area contributed by atoms with E-state index < -0.39 is 0 Å². The number of para-hydroxylation sites is 1. The first-order valence-corrected chi connectivity index (χ1v) is 8.95. The van der Waals surface area contributed by atoms with E-state index in [0.29, 0.717) is 17.1 Å². The van der Waals surface area contributed by atoms with Crippen LogP contribution in [0.3, 0.4) is 0 Å². The molecule has 0 aliphatic heterocycles. The van der Waals surface area contributed by atoms with Crippen molar-refractivity contribution in [3.63, 3.8) is 0 Å². The lowest BCUT2D eigenvalue weighted by Gasteiger charge is -2.16. The summed E-state index contributed by atoms with van der Waals surface area (Å²) in [4.78, 5) is 27.4. The second-order valence-electron chi connectivity index (χ2n) is 6.05. The summed E-state index contributed by atoms with van der Waals surface area (Å²) >= 11 is 1.30. The van der Waals surface area contributed by atoms with Gasteiger partial charge in [-0.05, 0) is 32.9 Å². The van der Waals surface area contributed by atoms with Gasteiger partial charge in [0.05, 0.1) is 5.25 Å². The largest absolute Gasteiger partial charge is 0.352 e. The Morgan fingerprint density at radius 1 is 1.08 bits per heavy atom. The van der Waals surface area contributed by atoms with Gasteiger partial charge in [0.1, 0.15) is 0 Å². The third-order valence-corrected chi connectivity index (χ3v) is 4.07. The van der Waals surface area contributed by atoms with Crippen molar-refractivity contribution in [2.45, 2.75) is 37.2 Å². The lowest BCUT2D eigenvalue weighted by molar-refractivity contribution is -0.115. The fourth-order valence-corrected chi connectivity index (χ4v) is 2.65. The molecule has 1 aromatic heterocycles. The molecule has 0 spiro atoms. The van der Waals surface area contributed by atoms with Gasteiger partial charge in [-0.15, -0.1) is 0 Å². The van der Waals surface area contributed by atoms with Gasteiger partial charge in [-0.3, -0.25) is 4.79 Å². The van der Waals surface area contributed by atoms with E-state index in [4.69, 9.17) is 0 Å². The zero-order valence-corrected chi connectivity index (χ0v) is 16.0. The fraction of sp³-hybridized carbons (Fsp3) is 0.412. The van der Waals surface area contributed by atoms with Gasteiger partial charge >= 0.3 is 0 Å². The van der Waals surface area contributed by atoms with Crippen LogP contribution in [0.1, 0.15) is 20.8 Å². The number of rotatable bonds is 7. The number of carbonyl (C=O) groups excluding carboxylic acids is 1. The number of carbonyl (C=O) groups is 1. The molecule has 1 heterocycles. The first kappa shape index (κ1) is 19.0. The van der Waals surface area contributed by atoms with Crippen LogP contribution in [0.25, 0.3) is 0 Å². The molecular weight excluding hydrogens is 336 g/mol. The lowest BCUT2D eigenvalue weighted by Crippen LogP contribution is -2.23. The molecule has 2 N–H and O–H groups in total. The van der Waals surface area contributed by atoms with Crippen molar-refractivity contribution in [2.75, 3.05) is 29.6 Å². The normalized spacial score (nSPS) is 11.9. The molecule has 0 saturated heterocycles. The number of amides is 1. The Labute approximate surface area is 152 Å². The highest BCUT2D eigenvalue weighted by molar-refractivity contribution is 8.00. The maximum Gasteiger partial charge on any atom is 0.237 e.